The van der Waals surface area contributed by atoms with Gasteiger partial charge in [-0.25, -0.2) is 4.98 Å². The topological polar surface area (TPSA) is 48.7 Å². The van der Waals surface area contributed by atoms with Crippen molar-refractivity contribution in [2.45, 2.75) is 4.90 Å². The molecular weight excluding hydrogens is 266 g/mol. The Hall–Kier alpha value is -1.70. The van der Waals surface area contributed by atoms with Crippen LogP contribution in [0.4, 0.5) is 11.5 Å². The van der Waals surface area contributed by atoms with Gasteiger partial charge < -0.3 is 5.32 Å². The number of benzene rings is 1. The van der Waals surface area contributed by atoms with Gasteiger partial charge in [-0.3, -0.25) is 0 Å². The lowest BCUT2D eigenvalue weighted by molar-refractivity contribution is 1.25. The first-order chi connectivity index (χ1) is 8.72. The molecule has 0 radical (unpaired) electrons. The molecule has 0 aliphatic heterocycles. The summed E-state index contributed by atoms with van der Waals surface area (Å²) in [5.74, 6) is 0.604. The van der Waals surface area contributed by atoms with Crippen LogP contribution in [-0.4, -0.2) is 11.2 Å². The summed E-state index contributed by atoms with van der Waals surface area (Å²) in [6.45, 7) is 0. The summed E-state index contributed by atoms with van der Waals surface area (Å²) in [7, 11) is 0. The van der Waals surface area contributed by atoms with Crippen LogP contribution in [0, 0.1) is 11.3 Å². The molecule has 0 bridgehead atoms. The minimum Gasteiger partial charge on any atom is -0.340 e. The Bertz CT molecular complexity index is 590. The van der Waals surface area contributed by atoms with Gasteiger partial charge in [-0.2, -0.15) is 5.26 Å². The zero-order chi connectivity index (χ0) is 13.0. The Labute approximate surface area is 115 Å². The maximum atomic E-state index is 8.85. The first kappa shape index (κ1) is 12.7. The van der Waals surface area contributed by atoms with Crippen molar-refractivity contribution < 1.29 is 0 Å². The normalized spacial score (nSPS) is 9.83. The third kappa shape index (κ3) is 2.95. The molecular formula is C13H10ClN3S. The lowest BCUT2D eigenvalue weighted by Crippen LogP contribution is -1.95. The zero-order valence-electron chi connectivity index (χ0n) is 9.64. The van der Waals surface area contributed by atoms with Crippen molar-refractivity contribution in [2.24, 2.45) is 0 Å². The van der Waals surface area contributed by atoms with Crippen LogP contribution in [0.3, 0.4) is 0 Å². The van der Waals surface area contributed by atoms with Crippen LogP contribution in [0.2, 0.25) is 5.02 Å². The van der Waals surface area contributed by atoms with Crippen LogP contribution in [-0.2, 0) is 0 Å². The fourth-order valence-corrected chi connectivity index (χ4v) is 1.97. The van der Waals surface area contributed by atoms with E-state index in [1.54, 1.807) is 23.9 Å². The third-order valence-electron chi connectivity index (χ3n) is 2.31. The third-order valence-corrected chi connectivity index (χ3v) is 3.36. The van der Waals surface area contributed by atoms with Crippen molar-refractivity contribution >= 4 is 34.9 Å². The summed E-state index contributed by atoms with van der Waals surface area (Å²) in [5.41, 5.74) is 1.15. The second-order valence-corrected chi connectivity index (χ2v) is 4.78. The number of thioether (sulfide) groups is 1. The SMILES string of the molecule is CSc1ccc(Nc2ccc(Cl)c(C#N)n2)cc1. The predicted molar refractivity (Wildman–Crippen MR) is 75.5 cm³/mol. The van der Waals surface area contributed by atoms with Gasteiger partial charge in [0.05, 0.1) is 5.02 Å². The largest absolute Gasteiger partial charge is 0.340 e. The highest BCUT2D eigenvalue weighted by Crippen LogP contribution is 2.21. The molecule has 0 aliphatic rings. The molecule has 90 valence electrons. The molecule has 1 aromatic carbocycles. The molecule has 0 atom stereocenters. The van der Waals surface area contributed by atoms with E-state index >= 15 is 0 Å². The van der Waals surface area contributed by atoms with Gasteiger partial charge in [0.25, 0.3) is 0 Å². The fourth-order valence-electron chi connectivity index (χ4n) is 1.41. The molecule has 0 spiro atoms. The summed E-state index contributed by atoms with van der Waals surface area (Å²) < 4.78 is 0. The lowest BCUT2D eigenvalue weighted by atomic mass is 10.3. The maximum absolute atomic E-state index is 8.85. The first-order valence-corrected chi connectivity index (χ1v) is 6.81. The zero-order valence-corrected chi connectivity index (χ0v) is 11.2. The first-order valence-electron chi connectivity index (χ1n) is 5.20. The van der Waals surface area contributed by atoms with Gasteiger partial charge in [-0.05, 0) is 42.7 Å². The van der Waals surface area contributed by atoms with Gasteiger partial charge in [0.15, 0.2) is 5.69 Å². The van der Waals surface area contributed by atoms with Crippen LogP contribution in [0.5, 0.6) is 0 Å². The van der Waals surface area contributed by atoms with Crippen molar-refractivity contribution in [3.05, 3.63) is 47.1 Å². The standard InChI is InChI=1S/C13H10ClN3S/c1-18-10-4-2-9(3-5-10)16-13-7-6-11(14)12(8-15)17-13/h2-7H,1H3,(H,16,17). The van der Waals surface area contributed by atoms with E-state index in [1.807, 2.05) is 36.6 Å². The van der Waals surface area contributed by atoms with Crippen LogP contribution in [0.25, 0.3) is 0 Å². The molecule has 1 heterocycles. The smallest absolute Gasteiger partial charge is 0.161 e. The molecule has 2 aromatic rings. The summed E-state index contributed by atoms with van der Waals surface area (Å²) >= 11 is 7.51. The minimum absolute atomic E-state index is 0.224. The Balaban J connectivity index is 2.20. The summed E-state index contributed by atoms with van der Waals surface area (Å²) in [5, 5.41) is 12.3. The highest BCUT2D eigenvalue weighted by Gasteiger charge is 2.03. The van der Waals surface area contributed by atoms with E-state index in [-0.39, 0.29) is 5.69 Å². The van der Waals surface area contributed by atoms with E-state index < -0.39 is 0 Å². The molecule has 3 nitrogen and oxygen atoms in total. The van der Waals surface area contributed by atoms with Crippen LogP contribution in [0.1, 0.15) is 5.69 Å². The van der Waals surface area contributed by atoms with Crippen LogP contribution >= 0.6 is 23.4 Å². The number of aromatic nitrogens is 1. The molecule has 1 N–H and O–H groups in total. The van der Waals surface area contributed by atoms with Crippen molar-refractivity contribution in [1.82, 2.24) is 4.98 Å². The van der Waals surface area contributed by atoms with Gasteiger partial charge in [0.1, 0.15) is 11.9 Å². The van der Waals surface area contributed by atoms with Crippen molar-refractivity contribution in [2.75, 3.05) is 11.6 Å². The van der Waals surface area contributed by atoms with E-state index in [4.69, 9.17) is 16.9 Å². The quantitative estimate of drug-likeness (QED) is 0.858. The maximum Gasteiger partial charge on any atom is 0.161 e. The van der Waals surface area contributed by atoms with Crippen LogP contribution in [0.15, 0.2) is 41.3 Å². The fraction of sp³-hybridized carbons (Fsp3) is 0.0769. The monoisotopic (exact) mass is 275 g/mol. The Morgan fingerprint density at radius 3 is 2.56 bits per heavy atom. The number of nitrogens with one attached hydrogen (secondary N) is 1. The average Bonchev–Trinajstić information content (AvgIpc) is 2.42. The van der Waals surface area contributed by atoms with Crippen molar-refractivity contribution in [3.63, 3.8) is 0 Å². The summed E-state index contributed by atoms with van der Waals surface area (Å²) in [6, 6.07) is 13.3. The van der Waals surface area contributed by atoms with Gasteiger partial charge in [0, 0.05) is 10.6 Å². The number of rotatable bonds is 3. The Morgan fingerprint density at radius 1 is 1.22 bits per heavy atom. The number of anilines is 2. The van der Waals surface area contributed by atoms with E-state index in [1.165, 1.54) is 4.90 Å². The highest BCUT2D eigenvalue weighted by atomic mass is 35.5. The number of hydrogen-bond donors (Lipinski definition) is 1. The average molecular weight is 276 g/mol. The van der Waals surface area contributed by atoms with Gasteiger partial charge in [-0.15, -0.1) is 11.8 Å². The lowest BCUT2D eigenvalue weighted by Gasteiger charge is -2.06. The van der Waals surface area contributed by atoms with Gasteiger partial charge in [-0.1, -0.05) is 11.6 Å². The summed E-state index contributed by atoms with van der Waals surface area (Å²) in [4.78, 5) is 5.32. The molecule has 0 fully saturated rings. The van der Waals surface area contributed by atoms with E-state index in [9.17, 15) is 0 Å². The molecule has 0 aliphatic carbocycles. The van der Waals surface area contributed by atoms with E-state index in [0.29, 0.717) is 10.8 Å². The number of pyridine rings is 1. The van der Waals surface area contributed by atoms with Gasteiger partial charge in [0.2, 0.25) is 0 Å². The van der Waals surface area contributed by atoms with Crippen molar-refractivity contribution in [1.29, 1.82) is 5.26 Å². The molecule has 18 heavy (non-hydrogen) atoms. The minimum atomic E-state index is 0.224. The van der Waals surface area contributed by atoms with E-state index in [0.717, 1.165) is 5.69 Å². The second-order valence-electron chi connectivity index (χ2n) is 3.49. The number of halogens is 1. The molecule has 0 amide bonds. The molecule has 5 heteroatoms. The molecule has 1 aromatic heterocycles. The molecule has 2 rings (SSSR count). The molecule has 0 saturated heterocycles. The second kappa shape index (κ2) is 5.76. The number of hydrogen-bond acceptors (Lipinski definition) is 4. The van der Waals surface area contributed by atoms with Crippen LogP contribution < -0.4 is 5.32 Å². The summed E-state index contributed by atoms with van der Waals surface area (Å²) in [6.07, 6.45) is 2.03. The molecule has 0 unspecified atom stereocenters. The number of nitriles is 1. The van der Waals surface area contributed by atoms with Crippen molar-refractivity contribution in [3.8, 4) is 6.07 Å². The highest BCUT2D eigenvalue weighted by molar-refractivity contribution is 7.98. The molecule has 0 saturated carbocycles. The van der Waals surface area contributed by atoms with Gasteiger partial charge >= 0.3 is 0 Å². The van der Waals surface area contributed by atoms with E-state index in [2.05, 4.69) is 10.3 Å². The predicted octanol–water partition coefficient (Wildman–Crippen LogP) is 4.07. The number of nitrogens with zero attached hydrogens (tertiary/aromatic N) is 2. The Morgan fingerprint density at radius 2 is 1.94 bits per heavy atom. The Kier molecular flexibility index (Phi) is 4.08.